The van der Waals surface area contributed by atoms with Crippen molar-refractivity contribution in [2.75, 3.05) is 19.6 Å². The Hall–Kier alpha value is -1.54. The highest BCUT2D eigenvalue weighted by atomic mass is 19.4. The minimum Gasteiger partial charge on any atom is -0.467 e. The first kappa shape index (κ1) is 18.8. The summed E-state index contributed by atoms with van der Waals surface area (Å²) < 4.78 is 41.8. The topological polar surface area (TPSA) is 65.7 Å². The van der Waals surface area contributed by atoms with Gasteiger partial charge in [-0.05, 0) is 37.9 Å². The maximum atomic E-state index is 12.2. The van der Waals surface area contributed by atoms with E-state index in [1.165, 1.54) is 6.26 Å². The Morgan fingerprint density at radius 3 is 2.88 bits per heavy atom. The van der Waals surface area contributed by atoms with Crippen molar-refractivity contribution in [3.05, 3.63) is 24.2 Å². The number of carbonyl (C=O) groups is 1. The molecule has 2 rings (SSSR count). The van der Waals surface area contributed by atoms with E-state index in [9.17, 15) is 23.1 Å². The predicted octanol–water partition coefficient (Wildman–Crippen LogP) is 2.63. The molecule has 1 aliphatic rings. The quantitative estimate of drug-likeness (QED) is 0.829. The molecule has 2 heterocycles. The monoisotopic (exact) mass is 348 g/mol. The number of alkyl halides is 3. The van der Waals surface area contributed by atoms with Crippen molar-refractivity contribution in [2.24, 2.45) is 0 Å². The molecule has 0 unspecified atom stereocenters. The van der Waals surface area contributed by atoms with Crippen molar-refractivity contribution in [2.45, 2.75) is 50.4 Å². The van der Waals surface area contributed by atoms with Crippen LogP contribution in [0.25, 0.3) is 0 Å². The van der Waals surface area contributed by atoms with Crippen LogP contribution >= 0.6 is 0 Å². The van der Waals surface area contributed by atoms with Crippen LogP contribution in [0.3, 0.4) is 0 Å². The summed E-state index contributed by atoms with van der Waals surface area (Å²) in [7, 11) is 0. The number of aliphatic hydroxyl groups is 1. The lowest BCUT2D eigenvalue weighted by molar-refractivity contribution is -0.139. The van der Waals surface area contributed by atoms with Crippen molar-refractivity contribution in [1.29, 1.82) is 0 Å². The third-order valence-electron chi connectivity index (χ3n) is 4.20. The molecule has 0 saturated carbocycles. The lowest BCUT2D eigenvalue weighted by atomic mass is 10.0. The fourth-order valence-electron chi connectivity index (χ4n) is 3.01. The molecule has 24 heavy (non-hydrogen) atoms. The largest absolute Gasteiger partial charge is 0.467 e. The number of likely N-dealkylation sites (tertiary alicyclic amines) is 1. The van der Waals surface area contributed by atoms with Crippen LogP contribution in [0.4, 0.5) is 13.2 Å². The second-order valence-corrected chi connectivity index (χ2v) is 6.13. The molecule has 1 amide bonds. The fraction of sp³-hybridized carbons (Fsp3) is 0.688. The van der Waals surface area contributed by atoms with Crippen LogP contribution in [0, 0.1) is 0 Å². The number of aliphatic hydroxyl groups excluding tert-OH is 1. The Balaban J connectivity index is 1.92. The van der Waals surface area contributed by atoms with E-state index in [2.05, 4.69) is 0 Å². The number of nitrogens with one attached hydrogen (secondary N) is 1. The van der Waals surface area contributed by atoms with Crippen LogP contribution in [-0.2, 0) is 4.79 Å². The molecular formula is C16H23F3N2O3. The summed E-state index contributed by atoms with van der Waals surface area (Å²) in [5.74, 6) is -0.188. The first-order valence-electron chi connectivity index (χ1n) is 8.14. The van der Waals surface area contributed by atoms with Gasteiger partial charge in [0.25, 0.3) is 0 Å². The molecular weight excluding hydrogens is 325 g/mol. The molecule has 0 radical (unpaired) electrons. The molecule has 2 N–H and O–H groups in total. The third kappa shape index (κ3) is 6.16. The summed E-state index contributed by atoms with van der Waals surface area (Å²) in [5, 5.41) is 12.2. The number of furan rings is 1. The van der Waals surface area contributed by atoms with Gasteiger partial charge in [-0.25, -0.2) is 0 Å². The highest BCUT2D eigenvalue weighted by Crippen LogP contribution is 2.26. The molecule has 1 aromatic rings. The van der Waals surface area contributed by atoms with Crippen LogP contribution in [0.2, 0.25) is 0 Å². The van der Waals surface area contributed by atoms with Gasteiger partial charge in [-0.15, -0.1) is 0 Å². The Bertz CT molecular complexity index is 505. The SMILES string of the molecule is O=C(CN1CCCCC[C@@H]1C[C@H](O)c1ccco1)NCC(F)(F)F. The van der Waals surface area contributed by atoms with Gasteiger partial charge in [-0.3, -0.25) is 9.69 Å². The van der Waals surface area contributed by atoms with Crippen LogP contribution in [-0.4, -0.2) is 47.8 Å². The van der Waals surface area contributed by atoms with Gasteiger partial charge < -0.3 is 14.8 Å². The number of halogens is 3. The van der Waals surface area contributed by atoms with Crippen molar-refractivity contribution in [3.8, 4) is 0 Å². The first-order chi connectivity index (χ1) is 11.3. The van der Waals surface area contributed by atoms with E-state index in [1.807, 2.05) is 10.2 Å². The summed E-state index contributed by atoms with van der Waals surface area (Å²) in [4.78, 5) is 13.7. The van der Waals surface area contributed by atoms with Gasteiger partial charge in [0.2, 0.25) is 5.91 Å². The average Bonchev–Trinajstić information content (AvgIpc) is 2.96. The first-order valence-corrected chi connectivity index (χ1v) is 8.14. The van der Waals surface area contributed by atoms with Gasteiger partial charge in [0.15, 0.2) is 0 Å². The molecule has 1 saturated heterocycles. The van der Waals surface area contributed by atoms with Crippen LogP contribution < -0.4 is 5.32 Å². The molecule has 8 heteroatoms. The maximum absolute atomic E-state index is 12.2. The summed E-state index contributed by atoms with van der Waals surface area (Å²) in [6.07, 6.45) is 0.329. The zero-order chi connectivity index (χ0) is 17.6. The summed E-state index contributed by atoms with van der Waals surface area (Å²) >= 11 is 0. The zero-order valence-electron chi connectivity index (χ0n) is 13.4. The van der Waals surface area contributed by atoms with E-state index in [1.54, 1.807) is 12.1 Å². The summed E-state index contributed by atoms with van der Waals surface area (Å²) in [6, 6.07) is 3.31. The molecule has 5 nitrogen and oxygen atoms in total. The van der Waals surface area contributed by atoms with Gasteiger partial charge in [0, 0.05) is 6.04 Å². The minimum absolute atomic E-state index is 0.0655. The number of hydrogen-bond acceptors (Lipinski definition) is 4. The zero-order valence-corrected chi connectivity index (χ0v) is 13.4. The van der Waals surface area contributed by atoms with E-state index >= 15 is 0 Å². The standard InChI is InChI=1S/C16H23F3N2O3/c17-16(18,19)11-20-15(23)10-21-7-3-1-2-5-12(21)9-13(22)14-6-4-8-24-14/h4,6,8,12-13,22H,1-3,5,7,9-11H2,(H,20,23)/t12-,13+/m1/s1. The second kappa shape index (κ2) is 8.53. The van der Waals surface area contributed by atoms with Crippen LogP contribution in [0.1, 0.15) is 44.0 Å². The van der Waals surface area contributed by atoms with E-state index in [0.717, 1.165) is 25.7 Å². The third-order valence-corrected chi connectivity index (χ3v) is 4.20. The Labute approximate surface area is 138 Å². The van der Waals surface area contributed by atoms with E-state index in [0.29, 0.717) is 18.7 Å². The summed E-state index contributed by atoms with van der Waals surface area (Å²) in [5.41, 5.74) is 0. The van der Waals surface area contributed by atoms with E-state index < -0.39 is 24.7 Å². The van der Waals surface area contributed by atoms with Crippen LogP contribution in [0.15, 0.2) is 22.8 Å². The smallest absolute Gasteiger partial charge is 0.405 e. The molecule has 0 aromatic carbocycles. The van der Waals surface area contributed by atoms with Crippen molar-refractivity contribution < 1.29 is 27.5 Å². The highest BCUT2D eigenvalue weighted by Gasteiger charge is 2.30. The number of hydrogen-bond donors (Lipinski definition) is 2. The Morgan fingerprint density at radius 1 is 1.42 bits per heavy atom. The highest BCUT2D eigenvalue weighted by molar-refractivity contribution is 5.78. The molecule has 0 spiro atoms. The van der Waals surface area contributed by atoms with Gasteiger partial charge in [-0.1, -0.05) is 12.8 Å². The number of nitrogens with zero attached hydrogens (tertiary/aromatic N) is 1. The number of rotatable bonds is 6. The average molecular weight is 348 g/mol. The van der Waals surface area contributed by atoms with Gasteiger partial charge in [0.1, 0.15) is 18.4 Å². The van der Waals surface area contributed by atoms with Gasteiger partial charge in [0.05, 0.1) is 12.8 Å². The lowest BCUT2D eigenvalue weighted by Crippen LogP contribution is -2.45. The fourth-order valence-corrected chi connectivity index (χ4v) is 3.01. The van der Waals surface area contributed by atoms with Crippen molar-refractivity contribution in [3.63, 3.8) is 0 Å². The summed E-state index contributed by atoms with van der Waals surface area (Å²) in [6.45, 7) is -0.778. The van der Waals surface area contributed by atoms with Gasteiger partial charge in [-0.2, -0.15) is 13.2 Å². The van der Waals surface area contributed by atoms with Crippen LogP contribution in [0.5, 0.6) is 0 Å². The Kier molecular flexibility index (Phi) is 6.68. The van der Waals surface area contributed by atoms with E-state index in [4.69, 9.17) is 4.42 Å². The Morgan fingerprint density at radius 2 is 2.21 bits per heavy atom. The molecule has 2 atom stereocenters. The normalized spacial score (nSPS) is 21.2. The second-order valence-electron chi connectivity index (χ2n) is 6.13. The lowest BCUT2D eigenvalue weighted by Gasteiger charge is -2.30. The predicted molar refractivity (Wildman–Crippen MR) is 81.2 cm³/mol. The minimum atomic E-state index is -4.41. The maximum Gasteiger partial charge on any atom is 0.405 e. The molecule has 0 bridgehead atoms. The molecule has 0 aliphatic carbocycles. The number of amides is 1. The number of carbonyl (C=O) groups excluding carboxylic acids is 1. The van der Waals surface area contributed by atoms with Crippen molar-refractivity contribution in [1.82, 2.24) is 10.2 Å². The van der Waals surface area contributed by atoms with Crippen molar-refractivity contribution >= 4 is 5.91 Å². The van der Waals surface area contributed by atoms with E-state index in [-0.39, 0.29) is 12.6 Å². The van der Waals surface area contributed by atoms with Gasteiger partial charge >= 0.3 is 6.18 Å². The molecule has 1 aliphatic heterocycles. The molecule has 1 fully saturated rings. The molecule has 1 aromatic heterocycles. The molecule has 136 valence electrons.